The van der Waals surface area contributed by atoms with Crippen molar-refractivity contribution in [3.8, 4) is 11.8 Å². The highest BCUT2D eigenvalue weighted by Crippen LogP contribution is 2.51. The molecule has 210 valence electrons. The summed E-state index contributed by atoms with van der Waals surface area (Å²) in [7, 11) is 6.02. The van der Waals surface area contributed by atoms with Gasteiger partial charge in [-0.05, 0) is 68.7 Å². The Kier molecular flexibility index (Phi) is 8.88. The van der Waals surface area contributed by atoms with Gasteiger partial charge in [-0.1, -0.05) is 42.1 Å². The molecule has 1 saturated heterocycles. The number of rotatable bonds is 9. The SMILES string of the molecule is CCNc1ccc(C#N)cc1N=C1SC(=C2Sc3ccc(OCCN(C)C)cc3N2C)C(=O)N1Cc1ccccc1. The van der Waals surface area contributed by atoms with Crippen LogP contribution in [-0.2, 0) is 11.3 Å². The minimum Gasteiger partial charge on any atom is -0.492 e. The van der Waals surface area contributed by atoms with E-state index < -0.39 is 0 Å². The number of nitrogens with one attached hydrogen (secondary N) is 1. The highest BCUT2D eigenvalue weighted by molar-refractivity contribution is 8.19. The largest absolute Gasteiger partial charge is 0.492 e. The molecular formula is C31H32N6O2S2. The van der Waals surface area contributed by atoms with Gasteiger partial charge in [0.05, 0.1) is 40.3 Å². The number of anilines is 2. The van der Waals surface area contributed by atoms with Crippen LogP contribution >= 0.6 is 23.5 Å². The minimum atomic E-state index is -0.0938. The number of amidine groups is 1. The molecule has 0 bridgehead atoms. The van der Waals surface area contributed by atoms with Crippen molar-refractivity contribution in [2.75, 3.05) is 51.1 Å². The predicted octanol–water partition coefficient (Wildman–Crippen LogP) is 6.10. The molecule has 0 aromatic heterocycles. The molecule has 0 spiro atoms. The first-order chi connectivity index (χ1) is 19.9. The van der Waals surface area contributed by atoms with Crippen LogP contribution in [0.1, 0.15) is 18.1 Å². The number of nitriles is 1. The molecule has 41 heavy (non-hydrogen) atoms. The van der Waals surface area contributed by atoms with Gasteiger partial charge in [0.15, 0.2) is 5.17 Å². The van der Waals surface area contributed by atoms with Crippen LogP contribution in [0.3, 0.4) is 0 Å². The van der Waals surface area contributed by atoms with Crippen molar-refractivity contribution < 1.29 is 9.53 Å². The quantitative estimate of drug-likeness (QED) is 0.302. The van der Waals surface area contributed by atoms with E-state index in [0.29, 0.717) is 41.0 Å². The Labute approximate surface area is 249 Å². The maximum atomic E-state index is 14.0. The number of ether oxygens (including phenoxy) is 1. The molecule has 0 unspecified atom stereocenters. The number of benzene rings is 3. The smallest absolute Gasteiger partial charge is 0.269 e. The summed E-state index contributed by atoms with van der Waals surface area (Å²) in [6.07, 6.45) is 0. The number of carbonyl (C=O) groups is 1. The number of amides is 1. The highest BCUT2D eigenvalue weighted by atomic mass is 32.2. The molecule has 2 aliphatic rings. The van der Waals surface area contributed by atoms with Crippen molar-refractivity contribution in [1.29, 1.82) is 5.26 Å². The topological polar surface area (TPSA) is 84.2 Å². The summed E-state index contributed by atoms with van der Waals surface area (Å²) in [5.41, 5.74) is 3.96. The van der Waals surface area contributed by atoms with Crippen LogP contribution in [0.5, 0.6) is 5.75 Å². The molecule has 5 rings (SSSR count). The summed E-state index contributed by atoms with van der Waals surface area (Å²) >= 11 is 2.95. The van der Waals surface area contributed by atoms with E-state index in [1.54, 1.807) is 28.8 Å². The molecule has 1 N–H and O–H groups in total. The number of aliphatic imine (C=N–C) groups is 1. The van der Waals surface area contributed by atoms with E-state index in [-0.39, 0.29) is 5.91 Å². The molecule has 0 atom stereocenters. The third-order valence-corrected chi connectivity index (χ3v) is 8.99. The van der Waals surface area contributed by atoms with Crippen LogP contribution in [0.4, 0.5) is 17.1 Å². The molecule has 10 heteroatoms. The Balaban J connectivity index is 1.51. The van der Waals surface area contributed by atoms with Gasteiger partial charge in [0.2, 0.25) is 0 Å². The fourth-order valence-corrected chi connectivity index (χ4v) is 6.74. The van der Waals surface area contributed by atoms with Crippen molar-refractivity contribution in [2.24, 2.45) is 4.99 Å². The maximum Gasteiger partial charge on any atom is 0.269 e. The summed E-state index contributed by atoms with van der Waals surface area (Å²) in [5.74, 6) is 0.708. The molecule has 0 aliphatic carbocycles. The minimum absolute atomic E-state index is 0.0938. The zero-order valence-corrected chi connectivity index (χ0v) is 25.2. The number of nitrogens with zero attached hydrogens (tertiary/aromatic N) is 5. The number of hydrogen-bond acceptors (Lipinski definition) is 9. The first kappa shape index (κ1) is 28.6. The molecule has 2 heterocycles. The van der Waals surface area contributed by atoms with Crippen LogP contribution in [0.2, 0.25) is 0 Å². The van der Waals surface area contributed by atoms with Gasteiger partial charge in [0.1, 0.15) is 17.3 Å². The molecule has 0 saturated carbocycles. The second kappa shape index (κ2) is 12.7. The summed E-state index contributed by atoms with van der Waals surface area (Å²) in [6.45, 7) is 4.54. The normalized spacial score (nSPS) is 17.4. The monoisotopic (exact) mass is 584 g/mol. The van der Waals surface area contributed by atoms with Crippen molar-refractivity contribution in [3.63, 3.8) is 0 Å². The Morgan fingerprint density at radius 2 is 1.88 bits per heavy atom. The van der Waals surface area contributed by atoms with Crippen molar-refractivity contribution in [2.45, 2.75) is 18.4 Å². The summed E-state index contributed by atoms with van der Waals surface area (Å²) in [4.78, 5) is 26.5. The van der Waals surface area contributed by atoms with E-state index in [1.165, 1.54) is 11.8 Å². The van der Waals surface area contributed by atoms with E-state index in [4.69, 9.17) is 9.73 Å². The third-order valence-electron chi connectivity index (χ3n) is 6.56. The van der Waals surface area contributed by atoms with E-state index in [2.05, 4.69) is 21.2 Å². The van der Waals surface area contributed by atoms with Gasteiger partial charge in [0.25, 0.3) is 5.91 Å². The lowest BCUT2D eigenvalue weighted by Crippen LogP contribution is -2.29. The number of hydrogen-bond donors (Lipinski definition) is 1. The molecule has 3 aromatic carbocycles. The molecule has 1 fully saturated rings. The van der Waals surface area contributed by atoms with Gasteiger partial charge < -0.3 is 19.9 Å². The molecule has 1 amide bonds. The first-order valence-corrected chi connectivity index (χ1v) is 15.0. The average Bonchev–Trinajstić information content (AvgIpc) is 3.45. The lowest BCUT2D eigenvalue weighted by molar-refractivity contribution is -0.122. The van der Waals surface area contributed by atoms with Gasteiger partial charge in [-0.15, -0.1) is 0 Å². The molecular weight excluding hydrogens is 553 g/mol. The molecule has 2 aliphatic heterocycles. The fraction of sp³-hybridized carbons (Fsp3) is 0.258. The fourth-order valence-electron chi connectivity index (χ4n) is 4.42. The lowest BCUT2D eigenvalue weighted by atomic mass is 10.2. The van der Waals surface area contributed by atoms with Crippen molar-refractivity contribution in [1.82, 2.24) is 9.80 Å². The second-order valence-corrected chi connectivity index (χ2v) is 11.8. The predicted molar refractivity (Wildman–Crippen MR) is 169 cm³/mol. The van der Waals surface area contributed by atoms with E-state index in [0.717, 1.165) is 39.2 Å². The van der Waals surface area contributed by atoms with Crippen LogP contribution in [0.25, 0.3) is 0 Å². The summed E-state index contributed by atoms with van der Waals surface area (Å²) < 4.78 is 5.97. The van der Waals surface area contributed by atoms with Gasteiger partial charge in [-0.3, -0.25) is 9.69 Å². The Bertz CT molecular complexity index is 1550. The van der Waals surface area contributed by atoms with E-state index >= 15 is 0 Å². The number of fused-ring (bicyclic) bond motifs is 1. The van der Waals surface area contributed by atoms with Crippen LogP contribution in [-0.4, -0.2) is 61.7 Å². The van der Waals surface area contributed by atoms with Crippen molar-refractivity contribution in [3.05, 3.63) is 87.8 Å². The maximum absolute atomic E-state index is 14.0. The summed E-state index contributed by atoms with van der Waals surface area (Å²) in [5, 5.41) is 14.3. The van der Waals surface area contributed by atoms with E-state index in [9.17, 15) is 10.1 Å². The van der Waals surface area contributed by atoms with Crippen LogP contribution < -0.4 is 15.0 Å². The standard InChI is InChI=1S/C31H32N6O2S2/c1-5-33-24-13-11-22(19-32)17-25(24)34-31-37(20-21-9-7-6-8-10-21)29(38)28(41-31)30-36(4)26-18-23(12-14-27(26)40-30)39-16-15-35(2)3/h6-14,17-18,33H,5,15-16,20H2,1-4H3. The first-order valence-electron chi connectivity index (χ1n) is 13.4. The Hall–Kier alpha value is -3.91. The van der Waals surface area contributed by atoms with Gasteiger partial charge in [-0.25, -0.2) is 4.99 Å². The van der Waals surface area contributed by atoms with Gasteiger partial charge >= 0.3 is 0 Å². The third kappa shape index (κ3) is 6.38. The summed E-state index contributed by atoms with van der Waals surface area (Å²) in [6, 6.07) is 23.5. The van der Waals surface area contributed by atoms with Gasteiger partial charge in [-0.2, -0.15) is 5.26 Å². The molecule has 0 radical (unpaired) electrons. The van der Waals surface area contributed by atoms with Crippen molar-refractivity contribution >= 4 is 51.7 Å². The Morgan fingerprint density at radius 1 is 1.07 bits per heavy atom. The highest BCUT2D eigenvalue weighted by Gasteiger charge is 2.39. The molecule has 3 aromatic rings. The second-order valence-electron chi connectivity index (χ2n) is 9.82. The number of thioether (sulfide) groups is 2. The zero-order valence-electron chi connectivity index (χ0n) is 23.5. The zero-order chi connectivity index (χ0) is 28.9. The van der Waals surface area contributed by atoms with E-state index in [1.807, 2.05) is 82.7 Å². The van der Waals surface area contributed by atoms with Crippen LogP contribution in [0.15, 0.2) is 86.6 Å². The Morgan fingerprint density at radius 3 is 2.61 bits per heavy atom. The van der Waals surface area contributed by atoms with Crippen LogP contribution in [0, 0.1) is 11.3 Å². The number of likely N-dealkylation sites (N-methyl/N-ethyl adjacent to an activating group) is 1. The lowest BCUT2D eigenvalue weighted by Gasteiger charge is -2.17. The average molecular weight is 585 g/mol. The van der Waals surface area contributed by atoms with Gasteiger partial charge in [0, 0.05) is 31.1 Å². The molecule has 8 nitrogen and oxygen atoms in total. The number of carbonyl (C=O) groups excluding carboxylic acids is 1.